The summed E-state index contributed by atoms with van der Waals surface area (Å²) in [6.45, 7) is -0.507. The molecule has 1 amide bonds. The first kappa shape index (κ1) is 19.3. The maximum Gasteiger partial charge on any atom is 0.271 e. The van der Waals surface area contributed by atoms with Crippen LogP contribution in [0.1, 0.15) is 0 Å². The maximum absolute atomic E-state index is 12.4. The summed E-state index contributed by atoms with van der Waals surface area (Å²) in [6.07, 6.45) is 0.940. The molecule has 144 valence electrons. The fraction of sp³-hybridized carbons (Fsp3) is 0.105. The second-order valence-electron chi connectivity index (χ2n) is 6.16. The smallest absolute Gasteiger partial charge is 0.271 e. The molecule has 0 bridgehead atoms. The molecule has 0 saturated carbocycles. The van der Waals surface area contributed by atoms with Crippen LogP contribution >= 0.6 is 0 Å². The molecule has 1 N–H and O–H groups in total. The minimum absolute atomic E-state index is 0.0466. The van der Waals surface area contributed by atoms with Crippen LogP contribution in [0, 0.1) is 10.1 Å². The number of benzene rings is 3. The number of sulfonamides is 1. The molecular weight excluding hydrogens is 382 g/mol. The molecule has 0 aliphatic rings. The lowest BCUT2D eigenvalue weighted by Gasteiger charge is -2.21. The van der Waals surface area contributed by atoms with Crippen molar-refractivity contribution >= 4 is 43.8 Å². The van der Waals surface area contributed by atoms with E-state index in [1.807, 2.05) is 30.3 Å². The van der Waals surface area contributed by atoms with Gasteiger partial charge in [-0.25, -0.2) is 8.42 Å². The molecule has 8 nitrogen and oxygen atoms in total. The van der Waals surface area contributed by atoms with E-state index in [4.69, 9.17) is 0 Å². The van der Waals surface area contributed by atoms with Gasteiger partial charge in [0.2, 0.25) is 15.9 Å². The number of fused-ring (bicyclic) bond motifs is 1. The molecule has 0 fully saturated rings. The van der Waals surface area contributed by atoms with Crippen LogP contribution < -0.4 is 9.62 Å². The van der Waals surface area contributed by atoms with E-state index in [9.17, 15) is 23.3 Å². The minimum Gasteiger partial charge on any atom is -0.324 e. The number of non-ortho nitro benzene ring substituents is 1. The fourth-order valence-corrected chi connectivity index (χ4v) is 3.61. The predicted molar refractivity (Wildman–Crippen MR) is 108 cm³/mol. The van der Waals surface area contributed by atoms with Crippen molar-refractivity contribution in [3.05, 3.63) is 76.8 Å². The van der Waals surface area contributed by atoms with Gasteiger partial charge in [0.15, 0.2) is 0 Å². The van der Waals surface area contributed by atoms with E-state index in [0.717, 1.165) is 27.4 Å². The normalized spacial score (nSPS) is 11.2. The molecule has 0 spiro atoms. The first-order chi connectivity index (χ1) is 13.2. The predicted octanol–water partition coefficient (Wildman–Crippen LogP) is 3.15. The number of hydrogen-bond donors (Lipinski definition) is 1. The average molecular weight is 399 g/mol. The van der Waals surface area contributed by atoms with E-state index in [1.54, 1.807) is 12.1 Å². The Morgan fingerprint density at radius 1 is 1.04 bits per heavy atom. The summed E-state index contributed by atoms with van der Waals surface area (Å²) in [4.78, 5) is 22.8. The summed E-state index contributed by atoms with van der Waals surface area (Å²) in [5.41, 5.74) is 0.308. The third-order valence-corrected chi connectivity index (χ3v) is 5.19. The average Bonchev–Trinajstić information content (AvgIpc) is 2.65. The molecule has 0 heterocycles. The van der Waals surface area contributed by atoms with Crippen LogP contribution in [0.2, 0.25) is 0 Å². The molecule has 0 aliphatic carbocycles. The Bertz CT molecular complexity index is 1160. The number of hydrogen-bond acceptors (Lipinski definition) is 5. The number of nitrogens with one attached hydrogen (secondary N) is 1. The molecule has 3 aromatic rings. The van der Waals surface area contributed by atoms with Gasteiger partial charge in [-0.05, 0) is 29.0 Å². The molecule has 3 rings (SSSR count). The topological polar surface area (TPSA) is 110 Å². The zero-order chi connectivity index (χ0) is 20.3. The van der Waals surface area contributed by atoms with Gasteiger partial charge in [-0.1, -0.05) is 36.4 Å². The van der Waals surface area contributed by atoms with E-state index >= 15 is 0 Å². The largest absolute Gasteiger partial charge is 0.324 e. The summed E-state index contributed by atoms with van der Waals surface area (Å²) < 4.78 is 25.1. The number of nitrogens with zero attached hydrogens (tertiary/aromatic N) is 2. The molecule has 0 aromatic heterocycles. The Kier molecular flexibility index (Phi) is 5.27. The molecule has 3 aromatic carbocycles. The number of rotatable bonds is 6. The molecule has 0 aliphatic heterocycles. The SMILES string of the molecule is CS(=O)(=O)N(CC(=O)Nc1ccc2ccccc2c1)c1cccc([N+](=O)[O-])c1. The van der Waals surface area contributed by atoms with E-state index in [1.165, 1.54) is 18.2 Å². The second-order valence-corrected chi connectivity index (χ2v) is 8.06. The van der Waals surface area contributed by atoms with Gasteiger partial charge in [-0.15, -0.1) is 0 Å². The Morgan fingerprint density at radius 3 is 2.43 bits per heavy atom. The quantitative estimate of drug-likeness (QED) is 0.506. The van der Waals surface area contributed by atoms with Crippen molar-refractivity contribution in [3.63, 3.8) is 0 Å². The van der Waals surface area contributed by atoms with Gasteiger partial charge in [0.25, 0.3) is 5.69 Å². The Morgan fingerprint density at radius 2 is 1.75 bits per heavy atom. The van der Waals surface area contributed by atoms with Gasteiger partial charge in [0.05, 0.1) is 16.9 Å². The highest BCUT2D eigenvalue weighted by Gasteiger charge is 2.22. The van der Waals surface area contributed by atoms with Gasteiger partial charge in [-0.3, -0.25) is 19.2 Å². The van der Waals surface area contributed by atoms with Crippen LogP contribution in [-0.4, -0.2) is 32.0 Å². The monoisotopic (exact) mass is 399 g/mol. The van der Waals surface area contributed by atoms with Crippen molar-refractivity contribution in [2.45, 2.75) is 0 Å². The van der Waals surface area contributed by atoms with Crippen molar-refractivity contribution in [2.24, 2.45) is 0 Å². The van der Waals surface area contributed by atoms with E-state index in [2.05, 4.69) is 5.32 Å². The van der Waals surface area contributed by atoms with Crippen molar-refractivity contribution < 1.29 is 18.1 Å². The maximum atomic E-state index is 12.4. The van der Waals surface area contributed by atoms with Crippen LogP contribution in [0.4, 0.5) is 17.1 Å². The fourth-order valence-electron chi connectivity index (χ4n) is 2.76. The first-order valence-corrected chi connectivity index (χ1v) is 10.1. The Balaban J connectivity index is 1.83. The number of amides is 1. The summed E-state index contributed by atoms with van der Waals surface area (Å²) in [6, 6.07) is 18.1. The number of anilines is 2. The molecule has 28 heavy (non-hydrogen) atoms. The van der Waals surface area contributed by atoms with Gasteiger partial charge in [0, 0.05) is 17.8 Å². The van der Waals surface area contributed by atoms with Crippen LogP contribution in [0.15, 0.2) is 66.7 Å². The zero-order valence-electron chi connectivity index (χ0n) is 14.9. The van der Waals surface area contributed by atoms with Gasteiger partial charge in [-0.2, -0.15) is 0 Å². The van der Waals surface area contributed by atoms with Crippen LogP contribution in [-0.2, 0) is 14.8 Å². The molecular formula is C19H17N3O5S. The standard InChI is InChI=1S/C19H17N3O5S/c1-28(26,27)21(17-7-4-8-18(12-17)22(24)25)13-19(23)20-16-10-9-14-5-2-3-6-15(14)11-16/h2-12H,13H2,1H3,(H,20,23). The third-order valence-electron chi connectivity index (χ3n) is 4.05. The molecule has 9 heteroatoms. The lowest BCUT2D eigenvalue weighted by molar-refractivity contribution is -0.384. The number of nitro benzene ring substituents is 1. The molecule has 0 saturated heterocycles. The third kappa shape index (κ3) is 4.44. The first-order valence-electron chi connectivity index (χ1n) is 8.25. The summed E-state index contributed by atoms with van der Waals surface area (Å²) >= 11 is 0. The Hall–Kier alpha value is -3.46. The second kappa shape index (κ2) is 7.65. The van der Waals surface area contributed by atoms with E-state index in [0.29, 0.717) is 5.69 Å². The van der Waals surface area contributed by atoms with Gasteiger partial charge >= 0.3 is 0 Å². The van der Waals surface area contributed by atoms with E-state index < -0.39 is 27.4 Å². The van der Waals surface area contributed by atoms with Crippen LogP contribution in [0.3, 0.4) is 0 Å². The van der Waals surface area contributed by atoms with Gasteiger partial charge < -0.3 is 5.32 Å². The molecule has 0 unspecified atom stereocenters. The highest BCUT2D eigenvalue weighted by atomic mass is 32.2. The Labute approximate surface area is 161 Å². The van der Waals surface area contributed by atoms with Crippen molar-refractivity contribution in [2.75, 3.05) is 22.4 Å². The van der Waals surface area contributed by atoms with Crippen molar-refractivity contribution in [1.82, 2.24) is 0 Å². The highest BCUT2D eigenvalue weighted by Crippen LogP contribution is 2.23. The number of nitro groups is 1. The zero-order valence-corrected chi connectivity index (χ0v) is 15.7. The summed E-state index contributed by atoms with van der Waals surface area (Å²) in [5, 5.41) is 15.6. The summed E-state index contributed by atoms with van der Waals surface area (Å²) in [5.74, 6) is -0.563. The number of carbonyl (C=O) groups excluding carboxylic acids is 1. The molecule has 0 atom stereocenters. The van der Waals surface area contributed by atoms with Crippen LogP contribution in [0.25, 0.3) is 10.8 Å². The lowest BCUT2D eigenvalue weighted by Crippen LogP contribution is -2.37. The lowest BCUT2D eigenvalue weighted by atomic mass is 10.1. The minimum atomic E-state index is -3.83. The molecule has 0 radical (unpaired) electrons. The van der Waals surface area contributed by atoms with Gasteiger partial charge in [0.1, 0.15) is 6.54 Å². The van der Waals surface area contributed by atoms with Crippen molar-refractivity contribution in [3.8, 4) is 0 Å². The highest BCUT2D eigenvalue weighted by molar-refractivity contribution is 7.92. The number of carbonyl (C=O) groups is 1. The van der Waals surface area contributed by atoms with Crippen LogP contribution in [0.5, 0.6) is 0 Å². The van der Waals surface area contributed by atoms with E-state index in [-0.39, 0.29) is 11.4 Å². The summed E-state index contributed by atoms with van der Waals surface area (Å²) in [7, 11) is -3.83. The van der Waals surface area contributed by atoms with Crippen molar-refractivity contribution in [1.29, 1.82) is 0 Å².